The average molecular weight is 262 g/mol. The summed E-state index contributed by atoms with van der Waals surface area (Å²) in [6, 6.07) is 5.01. The largest absolute Gasteiger partial charge is 0.478 e. The number of anilines is 1. The Hall–Kier alpha value is -2.04. The van der Waals surface area contributed by atoms with Gasteiger partial charge in [-0.2, -0.15) is 0 Å². The maximum Gasteiger partial charge on any atom is 0.335 e. The maximum absolute atomic E-state index is 12.3. The van der Waals surface area contributed by atoms with Gasteiger partial charge in [0, 0.05) is 25.3 Å². The Labute approximate surface area is 112 Å². The summed E-state index contributed by atoms with van der Waals surface area (Å²) >= 11 is 0. The molecule has 0 saturated carbocycles. The quantitative estimate of drug-likeness (QED) is 0.888. The lowest BCUT2D eigenvalue weighted by Crippen LogP contribution is -2.43. The van der Waals surface area contributed by atoms with Crippen LogP contribution in [0.25, 0.3) is 0 Å². The number of carboxylic acid groups (broad SMARTS) is 1. The van der Waals surface area contributed by atoms with E-state index in [4.69, 9.17) is 5.11 Å². The molecule has 2 rings (SSSR count). The van der Waals surface area contributed by atoms with E-state index in [2.05, 4.69) is 0 Å². The molecule has 102 valence electrons. The van der Waals surface area contributed by atoms with E-state index in [1.807, 2.05) is 13.8 Å². The van der Waals surface area contributed by atoms with Crippen molar-refractivity contribution in [2.45, 2.75) is 26.3 Å². The average Bonchev–Trinajstić information content (AvgIpc) is 2.79. The highest BCUT2D eigenvalue weighted by molar-refractivity contribution is 5.96. The summed E-state index contributed by atoms with van der Waals surface area (Å²) < 4.78 is 0. The van der Waals surface area contributed by atoms with Crippen LogP contribution in [0.4, 0.5) is 10.5 Å². The number of aromatic carboxylic acids is 1. The number of hydrogen-bond acceptors (Lipinski definition) is 2. The fraction of sp³-hybridized carbons (Fsp3) is 0.429. The number of urea groups is 1. The van der Waals surface area contributed by atoms with E-state index in [-0.39, 0.29) is 17.6 Å². The predicted molar refractivity (Wildman–Crippen MR) is 72.7 cm³/mol. The Bertz CT molecular complexity index is 525. The lowest BCUT2D eigenvalue weighted by Gasteiger charge is -2.28. The van der Waals surface area contributed by atoms with Gasteiger partial charge in [-0.25, -0.2) is 9.59 Å². The van der Waals surface area contributed by atoms with Crippen molar-refractivity contribution in [1.29, 1.82) is 0 Å². The third-order valence-corrected chi connectivity index (χ3v) is 3.53. The van der Waals surface area contributed by atoms with Crippen molar-refractivity contribution >= 4 is 17.7 Å². The summed E-state index contributed by atoms with van der Waals surface area (Å²) in [4.78, 5) is 26.6. The fourth-order valence-electron chi connectivity index (χ4n) is 2.14. The summed E-state index contributed by atoms with van der Waals surface area (Å²) in [6.45, 7) is 4.53. The number of carbonyl (C=O) groups excluding carboxylic acids is 1. The van der Waals surface area contributed by atoms with Gasteiger partial charge in [0.15, 0.2) is 0 Å². The Morgan fingerprint density at radius 2 is 2.05 bits per heavy atom. The van der Waals surface area contributed by atoms with Crippen molar-refractivity contribution in [1.82, 2.24) is 4.90 Å². The molecule has 5 nitrogen and oxygen atoms in total. The molecule has 0 saturated heterocycles. The normalized spacial score (nSPS) is 13.6. The predicted octanol–water partition coefficient (Wildman–Crippen LogP) is 2.21. The van der Waals surface area contributed by atoms with Crippen molar-refractivity contribution in [2.75, 3.05) is 18.5 Å². The van der Waals surface area contributed by atoms with Gasteiger partial charge in [0.2, 0.25) is 0 Å². The lowest BCUT2D eigenvalue weighted by molar-refractivity contribution is 0.0697. The lowest BCUT2D eigenvalue weighted by atomic mass is 10.1. The highest BCUT2D eigenvalue weighted by Gasteiger charge is 2.28. The molecule has 2 amide bonds. The van der Waals surface area contributed by atoms with Gasteiger partial charge in [-0.3, -0.25) is 4.90 Å². The highest BCUT2D eigenvalue weighted by atomic mass is 16.4. The standard InChI is InChI=1S/C14H18N2O3/c1-9(2)15(3)14(19)16-7-6-10-8-11(13(17)18)4-5-12(10)16/h4-5,8-9H,6-7H2,1-3H3,(H,17,18). The van der Waals surface area contributed by atoms with Crippen LogP contribution in [0.2, 0.25) is 0 Å². The molecule has 19 heavy (non-hydrogen) atoms. The monoisotopic (exact) mass is 262 g/mol. The minimum Gasteiger partial charge on any atom is -0.478 e. The van der Waals surface area contributed by atoms with Crippen LogP contribution in [0.1, 0.15) is 29.8 Å². The molecule has 0 aromatic heterocycles. The summed E-state index contributed by atoms with van der Waals surface area (Å²) in [5.41, 5.74) is 2.01. The Morgan fingerprint density at radius 3 is 2.63 bits per heavy atom. The summed E-state index contributed by atoms with van der Waals surface area (Å²) in [7, 11) is 1.77. The van der Waals surface area contributed by atoms with Crippen LogP contribution in [0, 0.1) is 0 Å². The van der Waals surface area contributed by atoms with Crippen LogP contribution in [0.3, 0.4) is 0 Å². The van der Waals surface area contributed by atoms with E-state index >= 15 is 0 Å². The molecular weight excluding hydrogens is 244 g/mol. The smallest absolute Gasteiger partial charge is 0.335 e. The number of carboxylic acids is 1. The highest BCUT2D eigenvalue weighted by Crippen LogP contribution is 2.29. The molecule has 0 spiro atoms. The topological polar surface area (TPSA) is 60.9 Å². The Morgan fingerprint density at radius 1 is 1.37 bits per heavy atom. The second-order valence-electron chi connectivity index (χ2n) is 5.04. The van der Waals surface area contributed by atoms with Gasteiger partial charge in [0.1, 0.15) is 0 Å². The van der Waals surface area contributed by atoms with Crippen LogP contribution >= 0.6 is 0 Å². The molecule has 0 fully saturated rings. The number of rotatable bonds is 2. The van der Waals surface area contributed by atoms with Crippen LogP contribution in [0.5, 0.6) is 0 Å². The van der Waals surface area contributed by atoms with Crippen LogP contribution < -0.4 is 4.90 Å². The SMILES string of the molecule is CC(C)N(C)C(=O)N1CCc2cc(C(=O)O)ccc21. The molecule has 0 aliphatic carbocycles. The third kappa shape index (κ3) is 2.41. The van der Waals surface area contributed by atoms with Gasteiger partial charge in [0.05, 0.1) is 5.56 Å². The van der Waals surface area contributed by atoms with Crippen molar-refractivity contribution in [3.05, 3.63) is 29.3 Å². The molecule has 5 heteroatoms. The van der Waals surface area contributed by atoms with Gasteiger partial charge in [-0.15, -0.1) is 0 Å². The van der Waals surface area contributed by atoms with E-state index in [1.54, 1.807) is 35.0 Å². The van der Waals surface area contributed by atoms with Gasteiger partial charge in [0.25, 0.3) is 0 Å². The first-order valence-electron chi connectivity index (χ1n) is 6.32. The van der Waals surface area contributed by atoms with Crippen LogP contribution in [-0.2, 0) is 6.42 Å². The zero-order valence-corrected chi connectivity index (χ0v) is 11.4. The number of benzene rings is 1. The van der Waals surface area contributed by atoms with E-state index in [1.165, 1.54) is 0 Å². The minimum absolute atomic E-state index is 0.0446. The second kappa shape index (κ2) is 4.91. The molecule has 0 unspecified atom stereocenters. The Kier molecular flexibility index (Phi) is 3.46. The number of carbonyl (C=O) groups is 2. The van der Waals surface area contributed by atoms with Gasteiger partial charge >= 0.3 is 12.0 Å². The number of nitrogens with zero attached hydrogens (tertiary/aromatic N) is 2. The molecule has 0 bridgehead atoms. The van der Waals surface area contributed by atoms with Crippen molar-refractivity contribution in [3.8, 4) is 0 Å². The van der Waals surface area contributed by atoms with E-state index in [9.17, 15) is 9.59 Å². The van der Waals surface area contributed by atoms with Gasteiger partial charge in [-0.1, -0.05) is 0 Å². The van der Waals surface area contributed by atoms with E-state index in [0.717, 1.165) is 11.3 Å². The van der Waals surface area contributed by atoms with Gasteiger partial charge in [-0.05, 0) is 44.0 Å². The molecule has 1 heterocycles. The maximum atomic E-state index is 12.3. The first kappa shape index (κ1) is 13.4. The first-order valence-corrected chi connectivity index (χ1v) is 6.32. The second-order valence-corrected chi connectivity index (χ2v) is 5.04. The number of hydrogen-bond donors (Lipinski definition) is 1. The molecule has 0 radical (unpaired) electrons. The van der Waals surface area contributed by atoms with Crippen molar-refractivity contribution < 1.29 is 14.7 Å². The molecule has 1 N–H and O–H groups in total. The summed E-state index contributed by atoms with van der Waals surface area (Å²) in [6.07, 6.45) is 0.703. The minimum atomic E-state index is -0.938. The molecule has 0 atom stereocenters. The molecular formula is C14H18N2O3. The zero-order chi connectivity index (χ0) is 14.2. The number of fused-ring (bicyclic) bond motifs is 1. The number of amides is 2. The van der Waals surface area contributed by atoms with Crippen LogP contribution in [0.15, 0.2) is 18.2 Å². The molecule has 1 aliphatic rings. The first-order chi connectivity index (χ1) is 8.91. The van der Waals surface area contributed by atoms with Crippen molar-refractivity contribution in [3.63, 3.8) is 0 Å². The van der Waals surface area contributed by atoms with E-state index in [0.29, 0.717) is 13.0 Å². The van der Waals surface area contributed by atoms with Crippen LogP contribution in [-0.4, -0.2) is 41.6 Å². The fourth-order valence-corrected chi connectivity index (χ4v) is 2.14. The summed E-state index contributed by atoms with van der Waals surface area (Å²) in [5, 5.41) is 8.96. The molecule has 1 aliphatic heterocycles. The molecule has 1 aromatic carbocycles. The third-order valence-electron chi connectivity index (χ3n) is 3.53. The Balaban J connectivity index is 2.28. The zero-order valence-electron chi connectivity index (χ0n) is 11.4. The molecule has 1 aromatic rings. The van der Waals surface area contributed by atoms with Gasteiger partial charge < -0.3 is 10.0 Å². The van der Waals surface area contributed by atoms with Crippen molar-refractivity contribution in [2.24, 2.45) is 0 Å². The summed E-state index contributed by atoms with van der Waals surface area (Å²) in [5.74, 6) is -0.938. The van der Waals surface area contributed by atoms with E-state index < -0.39 is 5.97 Å².